The average Bonchev–Trinajstić information content (AvgIpc) is 3.05. The van der Waals surface area contributed by atoms with Crippen LogP contribution in [0.1, 0.15) is 34.3 Å². The fourth-order valence-electron chi connectivity index (χ4n) is 5.08. The number of benzene rings is 2. The number of nitro groups is 1. The zero-order valence-corrected chi connectivity index (χ0v) is 17.9. The molecule has 3 aliphatic rings. The minimum atomic E-state index is -0.514. The van der Waals surface area contributed by atoms with E-state index in [0.717, 1.165) is 31.0 Å². The fraction of sp³-hybridized carbons (Fsp3) is 0.375. The van der Waals surface area contributed by atoms with E-state index < -0.39 is 17.0 Å². The topological polar surface area (TPSA) is 91.1 Å². The smallest absolute Gasteiger partial charge is 0.338 e. The van der Waals surface area contributed by atoms with E-state index in [1.54, 1.807) is 7.11 Å². The molecule has 2 aliphatic heterocycles. The van der Waals surface area contributed by atoms with Crippen LogP contribution in [0, 0.1) is 10.1 Å². The van der Waals surface area contributed by atoms with Gasteiger partial charge in [-0.25, -0.2) is 4.79 Å². The molecule has 0 radical (unpaired) electrons. The molecule has 0 bridgehead atoms. The normalized spacial score (nSPS) is 25.8. The lowest BCUT2D eigenvalue weighted by Gasteiger charge is -2.36. The van der Waals surface area contributed by atoms with Gasteiger partial charge in [-0.1, -0.05) is 12.1 Å². The SMILES string of the molecule is COc1ccc2c3c1OC1C[C@@H](OC(=O)c4ccc([N+](=O)[O-])cc4)C=C[C@@]31CCN(C)C2. The number of non-ortho nitro benzene ring substituents is 1. The number of ether oxygens (including phenoxy) is 3. The lowest BCUT2D eigenvalue weighted by molar-refractivity contribution is -0.384. The highest BCUT2D eigenvalue weighted by atomic mass is 16.6. The van der Waals surface area contributed by atoms with Crippen LogP contribution in [0.4, 0.5) is 5.69 Å². The summed E-state index contributed by atoms with van der Waals surface area (Å²) >= 11 is 0. The molecule has 5 rings (SSSR count). The highest BCUT2D eigenvalue weighted by Crippen LogP contribution is 2.55. The third kappa shape index (κ3) is 3.22. The van der Waals surface area contributed by atoms with Gasteiger partial charge < -0.3 is 19.1 Å². The summed E-state index contributed by atoms with van der Waals surface area (Å²) < 4.78 is 17.7. The first-order valence-corrected chi connectivity index (χ1v) is 10.6. The third-order valence-corrected chi connectivity index (χ3v) is 6.70. The van der Waals surface area contributed by atoms with E-state index in [2.05, 4.69) is 24.1 Å². The van der Waals surface area contributed by atoms with E-state index in [1.807, 2.05) is 12.1 Å². The van der Waals surface area contributed by atoms with Gasteiger partial charge in [-0.3, -0.25) is 10.1 Å². The number of carbonyl (C=O) groups excluding carboxylic acids is 1. The molecule has 1 aliphatic carbocycles. The first-order valence-electron chi connectivity index (χ1n) is 10.6. The van der Waals surface area contributed by atoms with Gasteiger partial charge in [0.15, 0.2) is 11.5 Å². The van der Waals surface area contributed by atoms with Gasteiger partial charge in [0.25, 0.3) is 5.69 Å². The van der Waals surface area contributed by atoms with Gasteiger partial charge in [-0.05, 0) is 49.9 Å². The first-order chi connectivity index (χ1) is 15.4. The van der Waals surface area contributed by atoms with Gasteiger partial charge in [0.05, 0.1) is 23.0 Å². The number of nitrogens with zero attached hydrogens (tertiary/aromatic N) is 2. The van der Waals surface area contributed by atoms with Crippen molar-refractivity contribution in [3.8, 4) is 11.5 Å². The van der Waals surface area contributed by atoms with Gasteiger partial charge >= 0.3 is 5.97 Å². The molecule has 0 saturated heterocycles. The van der Waals surface area contributed by atoms with E-state index in [4.69, 9.17) is 14.2 Å². The Morgan fingerprint density at radius 1 is 1.25 bits per heavy atom. The Labute approximate surface area is 185 Å². The molecule has 8 nitrogen and oxygen atoms in total. The zero-order valence-electron chi connectivity index (χ0n) is 17.9. The van der Waals surface area contributed by atoms with Gasteiger partial charge in [0, 0.05) is 30.7 Å². The molecule has 32 heavy (non-hydrogen) atoms. The lowest BCUT2D eigenvalue weighted by Crippen LogP contribution is -2.43. The molecule has 2 aromatic rings. The molecular weight excluding hydrogens is 412 g/mol. The maximum Gasteiger partial charge on any atom is 0.338 e. The first kappa shape index (κ1) is 20.5. The maximum atomic E-state index is 12.6. The highest BCUT2D eigenvalue weighted by molar-refractivity contribution is 5.89. The number of rotatable bonds is 4. The third-order valence-electron chi connectivity index (χ3n) is 6.70. The predicted molar refractivity (Wildman–Crippen MR) is 116 cm³/mol. The quantitative estimate of drug-likeness (QED) is 0.313. The van der Waals surface area contributed by atoms with Crippen molar-refractivity contribution >= 4 is 11.7 Å². The van der Waals surface area contributed by atoms with Crippen LogP contribution in [0.25, 0.3) is 0 Å². The number of carbonyl (C=O) groups is 1. The summed E-state index contributed by atoms with van der Waals surface area (Å²) in [7, 11) is 3.76. The largest absolute Gasteiger partial charge is 0.493 e. The van der Waals surface area contributed by atoms with Crippen molar-refractivity contribution in [1.29, 1.82) is 0 Å². The molecule has 8 heteroatoms. The highest BCUT2D eigenvalue weighted by Gasteiger charge is 2.53. The van der Waals surface area contributed by atoms with Gasteiger partial charge in [-0.2, -0.15) is 0 Å². The van der Waals surface area contributed by atoms with Gasteiger partial charge in [0.1, 0.15) is 12.2 Å². The van der Waals surface area contributed by atoms with Crippen LogP contribution in [-0.4, -0.2) is 48.7 Å². The van der Waals surface area contributed by atoms with E-state index in [0.29, 0.717) is 6.42 Å². The Hall–Kier alpha value is -3.39. The molecular formula is C24H24N2O6. The zero-order chi connectivity index (χ0) is 22.5. The lowest BCUT2D eigenvalue weighted by atomic mass is 9.69. The Morgan fingerprint density at radius 3 is 2.75 bits per heavy atom. The molecule has 0 aromatic heterocycles. The Morgan fingerprint density at radius 2 is 2.03 bits per heavy atom. The second kappa shape index (κ2) is 7.63. The summed E-state index contributed by atoms with van der Waals surface area (Å²) in [5, 5.41) is 10.8. The van der Waals surface area contributed by atoms with Crippen molar-refractivity contribution in [2.75, 3.05) is 20.7 Å². The van der Waals surface area contributed by atoms with Crippen LogP contribution < -0.4 is 9.47 Å². The number of nitro benzene ring substituents is 1. The monoisotopic (exact) mass is 436 g/mol. The molecule has 0 fully saturated rings. The number of esters is 1. The Balaban J connectivity index is 1.41. The second-order valence-corrected chi connectivity index (χ2v) is 8.61. The summed E-state index contributed by atoms with van der Waals surface area (Å²) in [6.45, 7) is 1.77. The molecule has 2 heterocycles. The molecule has 0 saturated carbocycles. The molecule has 1 spiro atoms. The van der Waals surface area contributed by atoms with Gasteiger partial charge in [-0.15, -0.1) is 0 Å². The summed E-state index contributed by atoms with van der Waals surface area (Å²) in [4.78, 5) is 25.3. The molecule has 0 N–H and O–H groups in total. The molecule has 2 aromatic carbocycles. The minimum Gasteiger partial charge on any atom is -0.493 e. The van der Waals surface area contributed by atoms with E-state index in [9.17, 15) is 14.9 Å². The standard InChI is InChI=1S/C24H24N2O6/c1-25-12-11-24-10-9-18(31-23(27)15-3-6-17(7-4-15)26(28)29)13-20(24)32-22-19(30-2)8-5-16(14-25)21(22)24/h3-10,18,20H,11-14H2,1-2H3/t18-,20?,24-/m0/s1. The predicted octanol–water partition coefficient (Wildman–Crippen LogP) is 3.62. The van der Waals surface area contributed by atoms with Gasteiger partial charge in [0.2, 0.25) is 0 Å². The van der Waals surface area contributed by atoms with Crippen molar-refractivity contribution in [3.63, 3.8) is 0 Å². The molecule has 3 atom stereocenters. The van der Waals surface area contributed by atoms with Crippen molar-refractivity contribution in [1.82, 2.24) is 4.90 Å². The summed E-state index contributed by atoms with van der Waals surface area (Å²) in [6.07, 6.45) is 4.91. The van der Waals surface area contributed by atoms with Crippen molar-refractivity contribution in [2.24, 2.45) is 0 Å². The molecule has 0 amide bonds. The van der Waals surface area contributed by atoms with Crippen LogP contribution in [0.15, 0.2) is 48.6 Å². The summed E-state index contributed by atoms with van der Waals surface area (Å²) in [5.74, 6) is 0.993. The molecule has 166 valence electrons. The number of hydrogen-bond donors (Lipinski definition) is 0. The van der Waals surface area contributed by atoms with Crippen LogP contribution in [0.5, 0.6) is 11.5 Å². The summed E-state index contributed by atoms with van der Waals surface area (Å²) in [5.41, 5.74) is 2.35. The van der Waals surface area contributed by atoms with Crippen molar-refractivity contribution in [3.05, 3.63) is 75.4 Å². The Kier molecular flexibility index (Phi) is 4.89. The number of hydrogen-bond acceptors (Lipinski definition) is 7. The van der Waals surface area contributed by atoms with E-state index >= 15 is 0 Å². The fourth-order valence-corrected chi connectivity index (χ4v) is 5.08. The minimum absolute atomic E-state index is 0.0683. The van der Waals surface area contributed by atoms with Crippen LogP contribution >= 0.6 is 0 Å². The van der Waals surface area contributed by atoms with Crippen LogP contribution in [0.2, 0.25) is 0 Å². The van der Waals surface area contributed by atoms with Crippen molar-refractivity contribution in [2.45, 2.75) is 37.0 Å². The summed E-state index contributed by atoms with van der Waals surface area (Å²) in [6, 6.07) is 9.49. The van der Waals surface area contributed by atoms with E-state index in [-0.39, 0.29) is 22.8 Å². The maximum absolute atomic E-state index is 12.6. The van der Waals surface area contributed by atoms with Crippen LogP contribution in [-0.2, 0) is 16.7 Å². The van der Waals surface area contributed by atoms with Crippen molar-refractivity contribution < 1.29 is 23.9 Å². The average molecular weight is 436 g/mol. The number of methoxy groups -OCH3 is 1. The Bertz CT molecular complexity index is 1110. The van der Waals surface area contributed by atoms with E-state index in [1.165, 1.54) is 35.4 Å². The second-order valence-electron chi connectivity index (χ2n) is 8.61. The van der Waals surface area contributed by atoms with Crippen LogP contribution in [0.3, 0.4) is 0 Å². The molecule has 1 unspecified atom stereocenters.